The van der Waals surface area contributed by atoms with Crippen LogP contribution in [0.4, 0.5) is 0 Å². The number of Topliss-reactive ketones (excluding diaryl/α,β-unsaturated/α-hetero) is 1. The van der Waals surface area contributed by atoms with Crippen LogP contribution in [0.2, 0.25) is 0 Å². The average molecular weight is 198 g/mol. The fraction of sp³-hybridized carbons (Fsp3) is 0.800. The molecule has 4 nitrogen and oxygen atoms in total. The van der Waals surface area contributed by atoms with Crippen LogP contribution in [0.25, 0.3) is 0 Å². The Balaban J connectivity index is 2.22. The molecular formula is C10H18N2O2. The lowest BCUT2D eigenvalue weighted by molar-refractivity contribution is -0.130. The number of piperidine rings is 1. The Morgan fingerprint density at radius 3 is 2.29 bits per heavy atom. The molecule has 4 heteroatoms. The molecule has 1 heterocycles. The number of amides is 1. The second kappa shape index (κ2) is 5.10. The molecule has 1 aliphatic heterocycles. The summed E-state index contributed by atoms with van der Waals surface area (Å²) in [4.78, 5) is 23.6. The molecule has 0 aromatic rings. The summed E-state index contributed by atoms with van der Waals surface area (Å²) in [5, 5.41) is 3.19. The van der Waals surface area contributed by atoms with Crippen LogP contribution in [0, 0.1) is 0 Å². The van der Waals surface area contributed by atoms with Gasteiger partial charge in [-0.15, -0.1) is 0 Å². The molecule has 1 N–H and O–H groups in total. The van der Waals surface area contributed by atoms with Crippen LogP contribution < -0.4 is 5.32 Å². The van der Waals surface area contributed by atoms with Gasteiger partial charge in [-0.2, -0.15) is 0 Å². The monoisotopic (exact) mass is 198 g/mol. The molecule has 1 fully saturated rings. The number of nitrogens with one attached hydrogen (secondary N) is 1. The normalized spacial score (nSPS) is 18.3. The number of carbonyl (C=O) groups is 2. The fourth-order valence-corrected chi connectivity index (χ4v) is 1.69. The molecule has 80 valence electrons. The van der Waals surface area contributed by atoms with E-state index in [1.165, 1.54) is 0 Å². The summed E-state index contributed by atoms with van der Waals surface area (Å²) in [5.74, 6) is 0.314. The first kappa shape index (κ1) is 11.2. The Hall–Kier alpha value is -0.900. The molecule has 0 aromatic carbocycles. The van der Waals surface area contributed by atoms with Crippen molar-refractivity contribution in [3.63, 3.8) is 0 Å². The van der Waals surface area contributed by atoms with Crippen LogP contribution in [0.15, 0.2) is 0 Å². The second-order valence-electron chi connectivity index (χ2n) is 3.86. The molecule has 14 heavy (non-hydrogen) atoms. The standard InChI is InChI=1S/C10H18N2O2/c1-8(13)7-11-10-3-5-12(6-4-10)9(2)14/h10-11H,3-7H2,1-2H3. The Labute approximate surface area is 84.7 Å². The van der Waals surface area contributed by atoms with Crippen molar-refractivity contribution in [3.8, 4) is 0 Å². The van der Waals surface area contributed by atoms with Crippen molar-refractivity contribution in [2.75, 3.05) is 19.6 Å². The van der Waals surface area contributed by atoms with Gasteiger partial charge in [0.15, 0.2) is 0 Å². The van der Waals surface area contributed by atoms with E-state index in [2.05, 4.69) is 5.32 Å². The molecule has 1 aliphatic rings. The van der Waals surface area contributed by atoms with Crippen molar-refractivity contribution in [1.82, 2.24) is 10.2 Å². The van der Waals surface area contributed by atoms with Crippen LogP contribution in [0.5, 0.6) is 0 Å². The fourth-order valence-electron chi connectivity index (χ4n) is 1.69. The summed E-state index contributed by atoms with van der Waals surface area (Å²) in [6.07, 6.45) is 1.90. The van der Waals surface area contributed by atoms with Crippen molar-refractivity contribution in [1.29, 1.82) is 0 Å². The highest BCUT2D eigenvalue weighted by Gasteiger charge is 2.19. The van der Waals surface area contributed by atoms with Gasteiger partial charge in [0.25, 0.3) is 0 Å². The zero-order valence-electron chi connectivity index (χ0n) is 8.88. The lowest BCUT2D eigenvalue weighted by atomic mass is 10.1. The van der Waals surface area contributed by atoms with Gasteiger partial charge in [0.2, 0.25) is 5.91 Å². The van der Waals surface area contributed by atoms with E-state index >= 15 is 0 Å². The number of nitrogens with zero attached hydrogens (tertiary/aromatic N) is 1. The SMILES string of the molecule is CC(=O)CNC1CCN(C(C)=O)CC1. The molecule has 0 atom stereocenters. The van der Waals surface area contributed by atoms with E-state index in [0.717, 1.165) is 25.9 Å². The molecule has 1 amide bonds. The minimum Gasteiger partial charge on any atom is -0.343 e. The first-order valence-electron chi connectivity index (χ1n) is 5.08. The predicted molar refractivity (Wildman–Crippen MR) is 54.0 cm³/mol. The number of hydrogen-bond donors (Lipinski definition) is 1. The molecular weight excluding hydrogens is 180 g/mol. The molecule has 1 rings (SSSR count). The molecule has 1 saturated heterocycles. The van der Waals surface area contributed by atoms with E-state index < -0.39 is 0 Å². The topological polar surface area (TPSA) is 49.4 Å². The summed E-state index contributed by atoms with van der Waals surface area (Å²) >= 11 is 0. The Morgan fingerprint density at radius 1 is 1.29 bits per heavy atom. The van der Waals surface area contributed by atoms with Gasteiger partial charge in [0.1, 0.15) is 5.78 Å². The maximum absolute atomic E-state index is 11.0. The summed E-state index contributed by atoms with van der Waals surface area (Å²) in [5.41, 5.74) is 0. The van der Waals surface area contributed by atoms with Gasteiger partial charge < -0.3 is 10.2 Å². The number of carbonyl (C=O) groups excluding carboxylic acids is 2. The zero-order valence-corrected chi connectivity index (χ0v) is 8.88. The Morgan fingerprint density at radius 2 is 1.86 bits per heavy atom. The molecule has 0 spiro atoms. The van der Waals surface area contributed by atoms with E-state index in [-0.39, 0.29) is 11.7 Å². The second-order valence-corrected chi connectivity index (χ2v) is 3.86. The number of hydrogen-bond acceptors (Lipinski definition) is 3. The lowest BCUT2D eigenvalue weighted by Crippen LogP contribution is -2.45. The largest absolute Gasteiger partial charge is 0.343 e. The van der Waals surface area contributed by atoms with Crippen LogP contribution in [-0.2, 0) is 9.59 Å². The van der Waals surface area contributed by atoms with Gasteiger partial charge in [-0.1, -0.05) is 0 Å². The third-order valence-corrected chi connectivity index (χ3v) is 2.58. The highest BCUT2D eigenvalue weighted by molar-refractivity contribution is 5.77. The quantitative estimate of drug-likeness (QED) is 0.703. The molecule has 0 bridgehead atoms. The third-order valence-electron chi connectivity index (χ3n) is 2.58. The number of rotatable bonds is 3. The van der Waals surface area contributed by atoms with Gasteiger partial charge >= 0.3 is 0 Å². The predicted octanol–water partition coefficient (Wildman–Crippen LogP) is 0.176. The maximum Gasteiger partial charge on any atom is 0.219 e. The summed E-state index contributed by atoms with van der Waals surface area (Å²) in [6, 6.07) is 0.398. The summed E-state index contributed by atoms with van der Waals surface area (Å²) in [6.45, 7) is 5.25. The molecule has 0 aromatic heterocycles. The number of ketones is 1. The third kappa shape index (κ3) is 3.46. The minimum absolute atomic E-state index is 0.148. The zero-order chi connectivity index (χ0) is 10.6. The van der Waals surface area contributed by atoms with Crippen LogP contribution in [0.3, 0.4) is 0 Å². The average Bonchev–Trinajstić information content (AvgIpc) is 2.15. The van der Waals surface area contributed by atoms with E-state index in [4.69, 9.17) is 0 Å². The van der Waals surface area contributed by atoms with Crippen LogP contribution in [-0.4, -0.2) is 42.3 Å². The molecule has 0 radical (unpaired) electrons. The van der Waals surface area contributed by atoms with E-state index in [1.807, 2.05) is 4.90 Å². The minimum atomic E-state index is 0.148. The molecule has 0 unspecified atom stereocenters. The lowest BCUT2D eigenvalue weighted by Gasteiger charge is -2.31. The summed E-state index contributed by atoms with van der Waals surface area (Å²) in [7, 11) is 0. The highest BCUT2D eigenvalue weighted by atomic mass is 16.2. The van der Waals surface area contributed by atoms with Crippen molar-refractivity contribution in [2.24, 2.45) is 0 Å². The summed E-state index contributed by atoms with van der Waals surface area (Å²) < 4.78 is 0. The van der Waals surface area contributed by atoms with Gasteiger partial charge in [-0.05, 0) is 19.8 Å². The Bertz CT molecular complexity index is 220. The smallest absolute Gasteiger partial charge is 0.219 e. The first-order chi connectivity index (χ1) is 6.59. The maximum atomic E-state index is 11.0. The van der Waals surface area contributed by atoms with Gasteiger partial charge in [0.05, 0.1) is 6.54 Å². The van der Waals surface area contributed by atoms with E-state index in [1.54, 1.807) is 13.8 Å². The van der Waals surface area contributed by atoms with Gasteiger partial charge in [-0.25, -0.2) is 0 Å². The van der Waals surface area contributed by atoms with Gasteiger partial charge in [0, 0.05) is 26.1 Å². The van der Waals surface area contributed by atoms with Crippen molar-refractivity contribution in [3.05, 3.63) is 0 Å². The van der Waals surface area contributed by atoms with E-state index in [0.29, 0.717) is 12.6 Å². The van der Waals surface area contributed by atoms with E-state index in [9.17, 15) is 9.59 Å². The molecule has 0 saturated carbocycles. The number of likely N-dealkylation sites (tertiary alicyclic amines) is 1. The van der Waals surface area contributed by atoms with Crippen molar-refractivity contribution in [2.45, 2.75) is 32.7 Å². The van der Waals surface area contributed by atoms with Crippen LogP contribution >= 0.6 is 0 Å². The van der Waals surface area contributed by atoms with Gasteiger partial charge in [-0.3, -0.25) is 9.59 Å². The Kier molecular flexibility index (Phi) is 4.07. The van der Waals surface area contributed by atoms with Crippen molar-refractivity contribution >= 4 is 11.7 Å². The van der Waals surface area contributed by atoms with Crippen molar-refractivity contribution < 1.29 is 9.59 Å². The highest BCUT2D eigenvalue weighted by Crippen LogP contribution is 2.09. The molecule has 0 aliphatic carbocycles. The first-order valence-corrected chi connectivity index (χ1v) is 5.08. The van der Waals surface area contributed by atoms with Crippen LogP contribution in [0.1, 0.15) is 26.7 Å².